The Hall–Kier alpha value is -4.52. The van der Waals surface area contributed by atoms with Crippen molar-refractivity contribution >= 4 is 29.3 Å². The van der Waals surface area contributed by atoms with E-state index in [9.17, 15) is 24.3 Å². The van der Waals surface area contributed by atoms with Gasteiger partial charge in [-0.1, -0.05) is 72.3 Å². The summed E-state index contributed by atoms with van der Waals surface area (Å²) >= 11 is 0. The van der Waals surface area contributed by atoms with Gasteiger partial charge in [0.15, 0.2) is 0 Å². The summed E-state index contributed by atoms with van der Waals surface area (Å²) in [6.45, 7) is 2.06. The molecule has 4 amide bonds. The highest BCUT2D eigenvalue weighted by atomic mass is 16.3. The maximum atomic E-state index is 14.3. The van der Waals surface area contributed by atoms with Crippen LogP contribution in [0, 0.1) is 29.1 Å². The van der Waals surface area contributed by atoms with Crippen molar-refractivity contribution in [2.24, 2.45) is 29.1 Å². The molecule has 1 saturated carbocycles. The van der Waals surface area contributed by atoms with Crippen LogP contribution in [0.5, 0.6) is 5.75 Å². The zero-order valence-electron chi connectivity index (χ0n) is 22.6. The SMILES string of the molecule is CC12C(=O)N(c3ccccc3)C(=O)C1CC1C(=CCC3C(=O)N(Cc4ccccc4)C(=O)C31)C2c1cccc(O)c1. The van der Waals surface area contributed by atoms with E-state index < -0.39 is 29.1 Å². The molecule has 1 N–H and O–H groups in total. The molecule has 7 nitrogen and oxygen atoms in total. The first-order chi connectivity index (χ1) is 19.8. The summed E-state index contributed by atoms with van der Waals surface area (Å²) in [6, 6.07) is 25.2. The number of phenols is 1. The van der Waals surface area contributed by atoms with Crippen LogP contribution in [0.15, 0.2) is 96.6 Å². The third-order valence-electron chi connectivity index (χ3n) is 9.77. The second-order valence-electron chi connectivity index (χ2n) is 11.8. The molecule has 41 heavy (non-hydrogen) atoms. The number of amides is 4. The lowest BCUT2D eigenvalue weighted by molar-refractivity contribution is -0.141. The Morgan fingerprint density at radius 3 is 2.24 bits per heavy atom. The Labute approximate surface area is 238 Å². The fourth-order valence-electron chi connectivity index (χ4n) is 7.91. The van der Waals surface area contributed by atoms with Crippen molar-refractivity contribution in [2.45, 2.75) is 32.2 Å². The van der Waals surface area contributed by atoms with E-state index in [-0.39, 0.29) is 41.8 Å². The highest BCUT2D eigenvalue weighted by Crippen LogP contribution is 2.63. The van der Waals surface area contributed by atoms with Gasteiger partial charge in [0.1, 0.15) is 5.75 Å². The molecule has 2 aliphatic heterocycles. The fourth-order valence-corrected chi connectivity index (χ4v) is 7.91. The minimum atomic E-state index is -1.12. The Kier molecular flexibility index (Phi) is 5.75. The molecule has 7 rings (SSSR count). The maximum Gasteiger partial charge on any atom is 0.241 e. The summed E-state index contributed by atoms with van der Waals surface area (Å²) in [5.74, 6) is -3.57. The highest BCUT2D eigenvalue weighted by Gasteiger charge is 2.67. The Bertz CT molecular complexity index is 1620. The second-order valence-corrected chi connectivity index (χ2v) is 11.8. The third-order valence-corrected chi connectivity index (χ3v) is 9.77. The number of carbonyl (C=O) groups excluding carboxylic acids is 4. The largest absolute Gasteiger partial charge is 0.508 e. The lowest BCUT2D eigenvalue weighted by atomic mass is 9.51. The predicted molar refractivity (Wildman–Crippen MR) is 151 cm³/mol. The van der Waals surface area contributed by atoms with Crippen molar-refractivity contribution in [2.75, 3.05) is 4.90 Å². The van der Waals surface area contributed by atoms with Crippen molar-refractivity contribution in [3.8, 4) is 5.75 Å². The number of nitrogens with zero attached hydrogens (tertiary/aromatic N) is 2. The van der Waals surface area contributed by atoms with Gasteiger partial charge in [-0.2, -0.15) is 0 Å². The number of aromatic hydroxyl groups is 1. The molecule has 3 fully saturated rings. The van der Waals surface area contributed by atoms with Crippen LogP contribution >= 0.6 is 0 Å². The maximum absolute atomic E-state index is 14.3. The molecule has 2 saturated heterocycles. The van der Waals surface area contributed by atoms with Gasteiger partial charge < -0.3 is 5.11 Å². The summed E-state index contributed by atoms with van der Waals surface area (Å²) in [6.07, 6.45) is 2.74. The van der Waals surface area contributed by atoms with Crippen LogP contribution in [-0.4, -0.2) is 33.6 Å². The van der Waals surface area contributed by atoms with Crippen molar-refractivity contribution in [3.63, 3.8) is 0 Å². The Morgan fingerprint density at radius 2 is 1.54 bits per heavy atom. The van der Waals surface area contributed by atoms with E-state index in [1.54, 1.807) is 42.5 Å². The summed E-state index contributed by atoms with van der Waals surface area (Å²) in [4.78, 5) is 58.6. The first-order valence-electron chi connectivity index (χ1n) is 14.1. The fraction of sp³-hybridized carbons (Fsp3) is 0.294. The van der Waals surface area contributed by atoms with Crippen LogP contribution in [-0.2, 0) is 25.7 Å². The molecule has 3 aromatic carbocycles. The van der Waals surface area contributed by atoms with Crippen LogP contribution in [0.2, 0.25) is 0 Å². The number of fused-ring (bicyclic) bond motifs is 4. The number of allylic oxidation sites excluding steroid dienone is 2. The molecule has 0 bridgehead atoms. The highest BCUT2D eigenvalue weighted by molar-refractivity contribution is 6.24. The molecule has 2 heterocycles. The lowest BCUT2D eigenvalue weighted by Crippen LogP contribution is -2.48. The molecule has 6 atom stereocenters. The van der Waals surface area contributed by atoms with E-state index in [0.717, 1.165) is 16.7 Å². The van der Waals surface area contributed by atoms with Gasteiger partial charge in [-0.3, -0.25) is 24.1 Å². The minimum absolute atomic E-state index is 0.0666. The quantitative estimate of drug-likeness (QED) is 0.374. The molecular weight excluding hydrogens is 516 g/mol. The monoisotopic (exact) mass is 546 g/mol. The first kappa shape index (κ1) is 25.4. The number of imide groups is 2. The number of hydrogen-bond acceptors (Lipinski definition) is 5. The van der Waals surface area contributed by atoms with E-state index in [1.165, 1.54) is 9.80 Å². The Balaban J connectivity index is 1.33. The molecule has 3 aromatic rings. The normalized spacial score (nSPS) is 30.7. The molecule has 7 heteroatoms. The zero-order valence-corrected chi connectivity index (χ0v) is 22.6. The zero-order chi connectivity index (χ0) is 28.5. The van der Waals surface area contributed by atoms with E-state index in [2.05, 4.69) is 0 Å². The van der Waals surface area contributed by atoms with Gasteiger partial charge in [-0.15, -0.1) is 0 Å². The van der Waals surface area contributed by atoms with Crippen LogP contribution < -0.4 is 4.90 Å². The lowest BCUT2D eigenvalue weighted by Gasteiger charge is -2.49. The number of benzene rings is 3. The summed E-state index contributed by atoms with van der Waals surface area (Å²) < 4.78 is 0. The van der Waals surface area contributed by atoms with Gasteiger partial charge in [0.25, 0.3) is 0 Å². The molecule has 206 valence electrons. The van der Waals surface area contributed by atoms with Crippen molar-refractivity contribution in [1.29, 1.82) is 0 Å². The van der Waals surface area contributed by atoms with Gasteiger partial charge >= 0.3 is 0 Å². The van der Waals surface area contributed by atoms with Crippen LogP contribution in [0.25, 0.3) is 0 Å². The topological polar surface area (TPSA) is 95.0 Å². The van der Waals surface area contributed by atoms with E-state index in [1.807, 2.05) is 55.5 Å². The Morgan fingerprint density at radius 1 is 0.829 bits per heavy atom. The van der Waals surface area contributed by atoms with Gasteiger partial charge in [-0.25, -0.2) is 4.90 Å². The molecular formula is C34H30N2O5. The predicted octanol–water partition coefficient (Wildman–Crippen LogP) is 4.82. The molecule has 0 aromatic heterocycles. The summed E-state index contributed by atoms with van der Waals surface area (Å²) in [5.41, 5.74) is 1.91. The minimum Gasteiger partial charge on any atom is -0.508 e. The molecule has 2 aliphatic carbocycles. The third kappa shape index (κ3) is 3.64. The number of carbonyl (C=O) groups is 4. The van der Waals surface area contributed by atoms with Crippen molar-refractivity contribution < 1.29 is 24.3 Å². The van der Waals surface area contributed by atoms with Crippen LogP contribution in [0.1, 0.15) is 36.8 Å². The van der Waals surface area contributed by atoms with Crippen LogP contribution in [0.4, 0.5) is 5.69 Å². The summed E-state index contributed by atoms with van der Waals surface area (Å²) in [5, 5.41) is 10.4. The van der Waals surface area contributed by atoms with E-state index in [0.29, 0.717) is 18.5 Å². The van der Waals surface area contributed by atoms with Gasteiger partial charge in [0, 0.05) is 5.92 Å². The average molecular weight is 547 g/mol. The number of rotatable bonds is 4. The molecule has 6 unspecified atom stereocenters. The first-order valence-corrected chi connectivity index (χ1v) is 14.1. The number of anilines is 1. The number of phenolic OH excluding ortho intramolecular Hbond substituents is 1. The van der Waals surface area contributed by atoms with E-state index in [4.69, 9.17) is 0 Å². The second kappa shape index (κ2) is 9.26. The number of likely N-dealkylation sites (tertiary alicyclic amines) is 1. The van der Waals surface area contributed by atoms with Gasteiger partial charge in [-0.05, 0) is 61.1 Å². The van der Waals surface area contributed by atoms with Crippen molar-refractivity contribution in [1.82, 2.24) is 4.90 Å². The smallest absolute Gasteiger partial charge is 0.241 e. The standard InChI is InChI=1S/C34H30N2O5/c1-34-27(31(39)36(33(34)41)22-12-6-3-7-13-22)18-26-24(29(34)21-11-8-14-23(37)17-21)15-16-25-28(26)32(40)35(30(25)38)19-20-9-4-2-5-10-20/h2-15,17,25-29,37H,16,18-19H2,1H3. The van der Waals surface area contributed by atoms with Crippen molar-refractivity contribution in [3.05, 3.63) is 108 Å². The molecule has 0 spiro atoms. The number of hydrogen-bond donors (Lipinski definition) is 1. The van der Waals surface area contributed by atoms with Gasteiger partial charge in [0.2, 0.25) is 23.6 Å². The van der Waals surface area contributed by atoms with E-state index >= 15 is 0 Å². The molecule has 0 radical (unpaired) electrons. The van der Waals surface area contributed by atoms with Crippen LogP contribution in [0.3, 0.4) is 0 Å². The number of para-hydroxylation sites is 1. The summed E-state index contributed by atoms with van der Waals surface area (Å²) in [7, 11) is 0. The average Bonchev–Trinajstić information content (AvgIpc) is 3.33. The van der Waals surface area contributed by atoms with Gasteiger partial charge in [0.05, 0.1) is 35.4 Å². The molecule has 4 aliphatic rings.